The van der Waals surface area contributed by atoms with Gasteiger partial charge in [-0.1, -0.05) is 0 Å². The van der Waals surface area contributed by atoms with Gasteiger partial charge in [0.1, 0.15) is 195 Å². The Labute approximate surface area is 713 Å². The molecule has 46 atom stereocenters. The van der Waals surface area contributed by atoms with Crippen molar-refractivity contribution in [1.82, 2.24) is 26.6 Å². The molecule has 8 aliphatic heterocycles. The lowest BCUT2D eigenvalue weighted by atomic mass is 9.88. The van der Waals surface area contributed by atoms with Crippen LogP contribution in [0.5, 0.6) is 0 Å². The number of carboxylic acids is 2. The molecule has 0 bridgehead atoms. The van der Waals surface area contributed by atoms with Gasteiger partial charge in [0.15, 0.2) is 37.7 Å². The fourth-order valence-electron chi connectivity index (χ4n) is 15.8. The summed E-state index contributed by atoms with van der Waals surface area (Å²) in [7, 11) is 0. The molecule has 8 rings (SSSR count). The van der Waals surface area contributed by atoms with Crippen molar-refractivity contribution in [3.05, 3.63) is 0 Å². The number of hydrogen-bond acceptors (Lipinski definition) is 49. The van der Waals surface area contributed by atoms with Crippen LogP contribution in [0.4, 0.5) is 0 Å². The summed E-state index contributed by atoms with van der Waals surface area (Å²) < 4.78 is 94.3. The van der Waals surface area contributed by atoms with Crippen molar-refractivity contribution in [1.29, 1.82) is 0 Å². The lowest BCUT2D eigenvalue weighted by Crippen LogP contribution is -2.72. The van der Waals surface area contributed by atoms with Crippen molar-refractivity contribution in [2.75, 3.05) is 59.5 Å². The smallest absolute Gasteiger partial charge is 0.364 e. The first kappa shape index (κ1) is 106. The molecule has 728 valence electrons. The van der Waals surface area contributed by atoms with Gasteiger partial charge in [0.25, 0.3) is 11.6 Å². The lowest BCUT2D eigenvalue weighted by molar-refractivity contribution is -0.398. The maximum Gasteiger partial charge on any atom is 0.364 e. The zero-order chi connectivity index (χ0) is 94.1. The zero-order valence-corrected chi connectivity index (χ0v) is 68.1. The quantitative estimate of drug-likeness (QED) is 0.0272. The third-order valence-corrected chi connectivity index (χ3v) is 22.3. The van der Waals surface area contributed by atoms with Crippen molar-refractivity contribution in [3.63, 3.8) is 0 Å². The van der Waals surface area contributed by atoms with Crippen molar-refractivity contribution < 1.29 is 252 Å². The van der Waals surface area contributed by atoms with Crippen molar-refractivity contribution in [3.8, 4) is 0 Å². The molecule has 56 heteroatoms. The number of amides is 5. The topological polar surface area (TPSA) is 894 Å². The predicted octanol–water partition coefficient (Wildman–Crippen LogP) is -20.8. The van der Waals surface area contributed by atoms with Crippen LogP contribution in [-0.2, 0) is 109 Å². The Kier molecular flexibility index (Phi) is 38.5. The number of ether oxygens (including phenoxy) is 16. The summed E-state index contributed by atoms with van der Waals surface area (Å²) in [5.74, 6) is -15.9. The molecule has 0 spiro atoms. The Morgan fingerprint density at radius 3 is 1.17 bits per heavy atom. The molecule has 0 aromatic carbocycles. The van der Waals surface area contributed by atoms with Crippen LogP contribution in [0.3, 0.4) is 0 Å². The van der Waals surface area contributed by atoms with Gasteiger partial charge in [0.2, 0.25) is 29.5 Å². The standard InChI is InChI=1S/C70H117N5O51/c1-18-39(94)47(102)48(103)63(112-18)120-54-34(16-83)117-62(38(75-23(6)88)57(54)121-66-51(106)60(45(100)32(14-81)115-66)126-70(68(109)110)8-26(90)36(73-21(4)86)56(124-70)41(96)28(92)11-78)122-58-43(98)30(12-79)113-64(49(58)104)119-53-33(15-82)116-61(37(46(53)101)74-22(5)87)111-17-29(93)42(97)52(24(9-76)71-19(2)84)118-65-50(105)59(44(99)31(13-80)114-65)125-69(67(107)108)7-25(89)35(72-20(3)85)55(123-69)40(95)27(91)10-77/h18,24-66,76-83,89-106H,7-17H2,1-6H3,(H,71,84)(H,72,85)(H,73,86)(H,74,87)(H,75,88)(H,107,108)(H,109,110)/t18-,24-,25-,26-,27+,28+,29+,30+,31+,32+,33+,34+,35+,36+,37+,38+,39+,40+,41+,42-,43-,44-,45-,46+,47+,48-,49+,50+,51+,52+,53+,54+,55+,56+,57+,58-,59-,60-,61+,62-,63-,64-,65-,66-,69-,70-/m0/s1. The second-order valence-corrected chi connectivity index (χ2v) is 31.5. The van der Waals surface area contributed by atoms with Crippen LogP contribution < -0.4 is 26.6 Å². The second kappa shape index (κ2) is 45.8. The molecule has 56 nitrogen and oxygen atoms in total. The van der Waals surface area contributed by atoms with E-state index in [-0.39, 0.29) is 0 Å². The average Bonchev–Trinajstić information content (AvgIpc) is 0.754. The maximum absolute atomic E-state index is 13.6. The molecule has 0 unspecified atom stereocenters. The molecule has 0 aliphatic carbocycles. The Balaban J connectivity index is 1.06. The van der Waals surface area contributed by atoms with Gasteiger partial charge < -0.3 is 245 Å². The zero-order valence-electron chi connectivity index (χ0n) is 68.1. The van der Waals surface area contributed by atoms with Gasteiger partial charge in [-0.05, 0) is 6.92 Å². The van der Waals surface area contributed by atoms with Gasteiger partial charge in [-0.25, -0.2) is 9.59 Å². The molecule has 0 aromatic heterocycles. The molecule has 8 aliphatic rings. The number of rotatable bonds is 39. The average molecular weight is 1840 g/mol. The number of hydrogen-bond donors (Lipinski definition) is 33. The molecule has 8 saturated heterocycles. The van der Waals surface area contributed by atoms with Gasteiger partial charge in [0.05, 0.1) is 95.9 Å². The summed E-state index contributed by atoms with van der Waals surface area (Å²) in [5.41, 5.74) is 0. The van der Waals surface area contributed by atoms with E-state index < -0.39 is 395 Å². The van der Waals surface area contributed by atoms with Gasteiger partial charge in [-0.2, -0.15) is 0 Å². The number of carbonyl (C=O) groups is 7. The van der Waals surface area contributed by atoms with E-state index in [0.717, 1.165) is 34.6 Å². The molecular formula is C70H117N5O51. The Bertz CT molecular complexity index is 3510. The van der Waals surface area contributed by atoms with E-state index in [4.69, 9.17) is 75.8 Å². The highest BCUT2D eigenvalue weighted by molar-refractivity contribution is 5.78. The summed E-state index contributed by atoms with van der Waals surface area (Å²) in [6.07, 6.45) is -90.0. The van der Waals surface area contributed by atoms with Crippen LogP contribution in [0.2, 0.25) is 0 Å². The maximum atomic E-state index is 13.6. The lowest BCUT2D eigenvalue weighted by Gasteiger charge is -2.52. The van der Waals surface area contributed by atoms with Crippen LogP contribution in [-0.4, -0.2) is 525 Å². The molecule has 126 heavy (non-hydrogen) atoms. The molecular weight excluding hydrogens is 1730 g/mol. The minimum absolute atomic E-state index is 0.855. The van der Waals surface area contributed by atoms with Gasteiger partial charge in [-0.15, -0.1) is 0 Å². The predicted molar refractivity (Wildman–Crippen MR) is 390 cm³/mol. The Morgan fingerprint density at radius 1 is 0.373 bits per heavy atom. The van der Waals surface area contributed by atoms with Crippen LogP contribution in [0.15, 0.2) is 0 Å². The minimum atomic E-state index is -3.38. The molecule has 8 heterocycles. The normalized spacial score (nSPS) is 43.1. The van der Waals surface area contributed by atoms with E-state index in [1.807, 2.05) is 0 Å². The minimum Gasteiger partial charge on any atom is -0.477 e. The third kappa shape index (κ3) is 24.0. The highest BCUT2D eigenvalue weighted by Gasteiger charge is 2.65. The van der Waals surface area contributed by atoms with E-state index >= 15 is 0 Å². The second-order valence-electron chi connectivity index (χ2n) is 31.5. The monoisotopic (exact) mass is 1840 g/mol. The van der Waals surface area contributed by atoms with E-state index in [1.165, 1.54) is 6.92 Å². The van der Waals surface area contributed by atoms with Crippen molar-refractivity contribution in [2.45, 2.75) is 335 Å². The summed E-state index contributed by atoms with van der Waals surface area (Å²) >= 11 is 0. The SMILES string of the molecule is CC(=O)N[C@H]1[C@H](OC[C@@H](O)[C@H](O)[C@H](O[C@@H]2O[C@H](CO)[C@H](O)[C@H](O[C@]3(C(=O)O)C[C@H](O)[C@@H](NC(C)=O)[C@H]([C@H](O)[C@H](O)CO)O3)[C@H]2O)[C@H](CO)NC(C)=O)O[C@H](CO)[C@@H](O[C@@H]2O[C@H](CO)[C@H](O)[C@H](O[C@@H]3O[C@H](CO)[C@@H](O[C@@H]4O[C@@H](C)[C@@H](O)[C@@H](O)[C@@H]4O)[C@H](O[C@@H]4O[C@H](CO)[C@H](O)[C@H](O[C@]5(C(=O)O)C[C@H](O)[C@@H](NC(C)=O)[C@H]([C@H](O)[C@H](O)CO)O5)[C@H]4O)[C@H]3NC(C)=O)[C@H]2O)[C@@H]1O. The molecule has 0 saturated carbocycles. The summed E-state index contributed by atoms with van der Waals surface area (Å²) in [6.45, 7) is -5.54. The summed E-state index contributed by atoms with van der Waals surface area (Å²) in [6, 6.07) is -9.61. The first-order valence-corrected chi connectivity index (χ1v) is 39.7. The Hall–Kier alpha value is -5.39. The number of carbonyl (C=O) groups excluding carboxylic acids is 5. The van der Waals surface area contributed by atoms with E-state index in [2.05, 4.69) is 26.6 Å². The molecule has 0 radical (unpaired) electrons. The number of nitrogens with one attached hydrogen (secondary N) is 5. The van der Waals surface area contributed by atoms with E-state index in [9.17, 15) is 177 Å². The summed E-state index contributed by atoms with van der Waals surface area (Å²) in [5, 5.41) is 323. The molecule has 8 fully saturated rings. The van der Waals surface area contributed by atoms with Crippen molar-refractivity contribution in [2.24, 2.45) is 0 Å². The largest absolute Gasteiger partial charge is 0.477 e. The third-order valence-electron chi connectivity index (χ3n) is 22.3. The van der Waals surface area contributed by atoms with Gasteiger partial charge >= 0.3 is 11.9 Å². The first-order valence-electron chi connectivity index (χ1n) is 39.7. The summed E-state index contributed by atoms with van der Waals surface area (Å²) in [4.78, 5) is 90.4. The van der Waals surface area contributed by atoms with E-state index in [0.29, 0.717) is 0 Å². The molecule has 0 aromatic rings. The molecule has 33 N–H and O–H groups in total. The van der Waals surface area contributed by atoms with Crippen molar-refractivity contribution >= 4 is 41.5 Å². The first-order chi connectivity index (χ1) is 59.2. The number of aliphatic hydroxyl groups is 26. The molecule has 5 amide bonds. The number of aliphatic hydroxyl groups excluding tert-OH is 26. The van der Waals surface area contributed by atoms with Crippen LogP contribution in [0.25, 0.3) is 0 Å². The van der Waals surface area contributed by atoms with Crippen LogP contribution >= 0.6 is 0 Å². The highest BCUT2D eigenvalue weighted by atomic mass is 16.8. The fraction of sp³-hybridized carbons (Fsp3) is 0.900. The van der Waals surface area contributed by atoms with Gasteiger partial charge in [0, 0.05) is 47.5 Å². The number of aliphatic carboxylic acids is 2. The van der Waals surface area contributed by atoms with Crippen LogP contribution in [0.1, 0.15) is 54.4 Å². The highest BCUT2D eigenvalue weighted by Crippen LogP contribution is 2.43. The van der Waals surface area contributed by atoms with Crippen LogP contribution in [0, 0.1) is 0 Å². The van der Waals surface area contributed by atoms with Gasteiger partial charge in [-0.3, -0.25) is 24.0 Å². The van der Waals surface area contributed by atoms with E-state index in [1.54, 1.807) is 0 Å². The number of carboxylic acid groups (broad SMARTS) is 2. The Morgan fingerprint density at radius 2 is 0.746 bits per heavy atom. The fourth-order valence-corrected chi connectivity index (χ4v) is 15.8.